The van der Waals surface area contributed by atoms with E-state index in [0.29, 0.717) is 37.3 Å². The Hall–Kier alpha value is -4.27. The molecule has 0 radical (unpaired) electrons. The van der Waals surface area contributed by atoms with E-state index in [0.717, 1.165) is 16.8 Å². The Balaban J connectivity index is 1.47. The van der Waals surface area contributed by atoms with Crippen molar-refractivity contribution in [2.24, 2.45) is 0 Å². The Morgan fingerprint density at radius 3 is 2.69 bits per heavy atom. The summed E-state index contributed by atoms with van der Waals surface area (Å²) in [6.45, 7) is 0.825. The summed E-state index contributed by atoms with van der Waals surface area (Å²) in [5, 5.41) is 15.3. The fourth-order valence-electron chi connectivity index (χ4n) is 4.01. The minimum atomic E-state index is -1.06. The Morgan fingerprint density at radius 2 is 1.94 bits per heavy atom. The fourth-order valence-corrected chi connectivity index (χ4v) is 4.01. The zero-order valence-electron chi connectivity index (χ0n) is 19.2. The number of aliphatic carboxylic acids is 1. The van der Waals surface area contributed by atoms with E-state index < -0.39 is 12.0 Å². The first-order valence-electron chi connectivity index (χ1n) is 11.5. The standard InChI is InChI=1S/C26H27N5O4/c32-24(9-8-21-16-27-11-12-28-21)29-20-7-6-19-17-31(13-10-18-4-2-1-3-5-18)26(35)23(15-25(33)34)30-22(19)14-20/h1-7,11-12,14,16,23,30H,8-10,13,15,17H2,(H,29,32)(H,33,34). The maximum atomic E-state index is 13.2. The van der Waals surface area contributed by atoms with E-state index in [9.17, 15) is 19.5 Å². The lowest BCUT2D eigenvalue weighted by Gasteiger charge is -2.24. The summed E-state index contributed by atoms with van der Waals surface area (Å²) in [7, 11) is 0. The zero-order chi connectivity index (χ0) is 24.6. The highest BCUT2D eigenvalue weighted by Gasteiger charge is 2.30. The summed E-state index contributed by atoms with van der Waals surface area (Å²) < 4.78 is 0. The summed E-state index contributed by atoms with van der Waals surface area (Å²) >= 11 is 0. The quantitative estimate of drug-likeness (QED) is 0.436. The largest absolute Gasteiger partial charge is 0.481 e. The Bertz CT molecular complexity index is 1190. The van der Waals surface area contributed by atoms with Gasteiger partial charge < -0.3 is 20.6 Å². The second-order valence-electron chi connectivity index (χ2n) is 8.41. The Morgan fingerprint density at radius 1 is 1.11 bits per heavy atom. The highest BCUT2D eigenvalue weighted by Crippen LogP contribution is 2.28. The molecule has 0 aliphatic carbocycles. The van der Waals surface area contributed by atoms with E-state index >= 15 is 0 Å². The molecule has 2 aromatic carbocycles. The van der Waals surface area contributed by atoms with Crippen molar-refractivity contribution in [1.29, 1.82) is 0 Å². The number of carboxylic acids is 1. The van der Waals surface area contributed by atoms with Crippen molar-refractivity contribution in [2.45, 2.75) is 38.3 Å². The van der Waals surface area contributed by atoms with Crippen molar-refractivity contribution in [3.05, 3.63) is 83.9 Å². The Labute approximate surface area is 203 Å². The van der Waals surface area contributed by atoms with Gasteiger partial charge in [0.25, 0.3) is 0 Å². The number of aromatic nitrogens is 2. The van der Waals surface area contributed by atoms with Gasteiger partial charge in [0.1, 0.15) is 6.04 Å². The molecular formula is C26H27N5O4. The predicted octanol–water partition coefficient (Wildman–Crippen LogP) is 2.89. The third-order valence-corrected chi connectivity index (χ3v) is 5.81. The summed E-state index contributed by atoms with van der Waals surface area (Å²) in [4.78, 5) is 46.9. The average molecular weight is 474 g/mol. The van der Waals surface area contributed by atoms with Crippen LogP contribution in [0.25, 0.3) is 0 Å². The van der Waals surface area contributed by atoms with Crippen molar-refractivity contribution in [3.8, 4) is 0 Å². The van der Waals surface area contributed by atoms with Gasteiger partial charge in [0.05, 0.1) is 12.1 Å². The van der Waals surface area contributed by atoms with Crippen LogP contribution in [0.2, 0.25) is 0 Å². The molecule has 0 spiro atoms. The molecule has 2 amide bonds. The lowest BCUT2D eigenvalue weighted by Crippen LogP contribution is -2.42. The normalized spacial score (nSPS) is 15.0. The van der Waals surface area contributed by atoms with Crippen molar-refractivity contribution in [2.75, 3.05) is 17.2 Å². The van der Waals surface area contributed by atoms with Gasteiger partial charge in [0.2, 0.25) is 11.8 Å². The SMILES string of the molecule is O=C(O)CC1Nc2cc(NC(=O)CCc3cnccn3)ccc2CN(CCc2ccccc2)C1=O. The Kier molecular flexibility index (Phi) is 7.67. The van der Waals surface area contributed by atoms with Crippen LogP contribution in [0.4, 0.5) is 11.4 Å². The first-order valence-corrected chi connectivity index (χ1v) is 11.5. The molecule has 1 aliphatic rings. The molecule has 4 rings (SSSR count). The molecule has 0 saturated carbocycles. The summed E-state index contributed by atoms with van der Waals surface area (Å²) in [6.07, 6.45) is 5.84. The number of amides is 2. The minimum absolute atomic E-state index is 0.174. The number of carbonyl (C=O) groups excluding carboxylic acids is 2. The van der Waals surface area contributed by atoms with Crippen LogP contribution in [0.1, 0.15) is 29.7 Å². The number of fused-ring (bicyclic) bond motifs is 1. The predicted molar refractivity (Wildman–Crippen MR) is 131 cm³/mol. The van der Waals surface area contributed by atoms with Crippen molar-refractivity contribution in [1.82, 2.24) is 14.9 Å². The molecule has 1 unspecified atom stereocenters. The van der Waals surface area contributed by atoms with Crippen molar-refractivity contribution >= 4 is 29.2 Å². The maximum absolute atomic E-state index is 13.2. The summed E-state index contributed by atoms with van der Waals surface area (Å²) in [6, 6.07) is 14.3. The average Bonchev–Trinajstić information content (AvgIpc) is 2.98. The number of rotatable bonds is 9. The highest BCUT2D eigenvalue weighted by atomic mass is 16.4. The number of nitrogens with one attached hydrogen (secondary N) is 2. The first-order chi connectivity index (χ1) is 17.0. The van der Waals surface area contributed by atoms with E-state index in [-0.39, 0.29) is 24.7 Å². The molecule has 0 bridgehead atoms. The van der Waals surface area contributed by atoms with Crippen LogP contribution >= 0.6 is 0 Å². The van der Waals surface area contributed by atoms with E-state index in [2.05, 4.69) is 20.6 Å². The number of carbonyl (C=O) groups is 3. The topological polar surface area (TPSA) is 125 Å². The number of anilines is 2. The lowest BCUT2D eigenvalue weighted by molar-refractivity contribution is -0.141. The third-order valence-electron chi connectivity index (χ3n) is 5.81. The number of carboxylic acid groups (broad SMARTS) is 1. The molecule has 2 heterocycles. The van der Waals surface area contributed by atoms with Gasteiger partial charge in [-0.1, -0.05) is 36.4 Å². The van der Waals surface area contributed by atoms with Crippen LogP contribution < -0.4 is 10.6 Å². The molecule has 3 N–H and O–H groups in total. The zero-order valence-corrected chi connectivity index (χ0v) is 19.2. The van der Waals surface area contributed by atoms with Crippen molar-refractivity contribution in [3.63, 3.8) is 0 Å². The van der Waals surface area contributed by atoms with E-state index in [4.69, 9.17) is 0 Å². The molecule has 0 fully saturated rings. The van der Waals surface area contributed by atoms with Gasteiger partial charge >= 0.3 is 5.97 Å². The molecule has 180 valence electrons. The van der Waals surface area contributed by atoms with Gasteiger partial charge in [0, 0.05) is 49.5 Å². The molecule has 1 atom stereocenters. The van der Waals surface area contributed by atoms with E-state index in [1.54, 1.807) is 35.6 Å². The lowest BCUT2D eigenvalue weighted by atomic mass is 10.1. The highest BCUT2D eigenvalue weighted by molar-refractivity contribution is 5.93. The number of hydrogen-bond donors (Lipinski definition) is 3. The molecular weight excluding hydrogens is 446 g/mol. The fraction of sp³-hybridized carbons (Fsp3) is 0.269. The summed E-state index contributed by atoms with van der Waals surface area (Å²) in [5.74, 6) is -1.49. The van der Waals surface area contributed by atoms with E-state index in [1.165, 1.54) is 0 Å². The second kappa shape index (κ2) is 11.2. The number of aryl methyl sites for hydroxylation is 1. The maximum Gasteiger partial charge on any atom is 0.305 e. The van der Waals surface area contributed by atoms with Gasteiger partial charge in [-0.15, -0.1) is 0 Å². The number of hydrogen-bond acceptors (Lipinski definition) is 6. The number of nitrogens with zero attached hydrogens (tertiary/aromatic N) is 3. The monoisotopic (exact) mass is 473 g/mol. The minimum Gasteiger partial charge on any atom is -0.481 e. The molecule has 3 aromatic rings. The van der Waals surface area contributed by atoms with Gasteiger partial charge in [-0.25, -0.2) is 0 Å². The van der Waals surface area contributed by atoms with Gasteiger partial charge in [-0.3, -0.25) is 24.4 Å². The van der Waals surface area contributed by atoms with Crippen LogP contribution in [-0.4, -0.2) is 50.3 Å². The second-order valence-corrected chi connectivity index (χ2v) is 8.41. The van der Waals surface area contributed by atoms with Crippen LogP contribution in [-0.2, 0) is 33.8 Å². The summed E-state index contributed by atoms with van der Waals surface area (Å²) in [5.41, 5.74) is 3.90. The number of benzene rings is 2. The van der Waals surface area contributed by atoms with Gasteiger partial charge in [-0.05, 0) is 36.1 Å². The van der Waals surface area contributed by atoms with Crippen LogP contribution in [0.3, 0.4) is 0 Å². The molecule has 0 saturated heterocycles. The van der Waals surface area contributed by atoms with Crippen molar-refractivity contribution < 1.29 is 19.5 Å². The molecule has 35 heavy (non-hydrogen) atoms. The van der Waals surface area contributed by atoms with Crippen LogP contribution in [0.15, 0.2) is 67.1 Å². The molecule has 9 heteroatoms. The first kappa shape index (κ1) is 23.9. The molecule has 9 nitrogen and oxygen atoms in total. The van der Waals surface area contributed by atoms with Crippen LogP contribution in [0.5, 0.6) is 0 Å². The molecule has 1 aliphatic heterocycles. The van der Waals surface area contributed by atoms with Gasteiger partial charge in [0.15, 0.2) is 0 Å². The molecule has 1 aromatic heterocycles. The smallest absolute Gasteiger partial charge is 0.305 e. The van der Waals surface area contributed by atoms with Gasteiger partial charge in [-0.2, -0.15) is 0 Å². The van der Waals surface area contributed by atoms with Crippen LogP contribution in [0, 0.1) is 0 Å². The third kappa shape index (κ3) is 6.63. The van der Waals surface area contributed by atoms with E-state index in [1.807, 2.05) is 36.4 Å².